The predicted molar refractivity (Wildman–Crippen MR) is 103 cm³/mol. The molecule has 1 heterocycles. The van der Waals surface area contributed by atoms with Crippen LogP contribution in [0.15, 0.2) is 42.7 Å². The number of nitrogens with one attached hydrogen (secondary N) is 1. The third-order valence-corrected chi connectivity index (χ3v) is 4.02. The summed E-state index contributed by atoms with van der Waals surface area (Å²) in [6.45, 7) is 2.04. The third-order valence-electron chi connectivity index (χ3n) is 3.79. The minimum Gasteiger partial charge on any atom is -0.493 e. The topological polar surface area (TPSA) is 56.3 Å². The molecule has 0 aliphatic rings. The molecule has 0 bridgehead atoms. The molecular formula is C18H19Cl2N3O2. The second kappa shape index (κ2) is 8.23. The first-order chi connectivity index (χ1) is 11.6. The monoisotopic (exact) mass is 379 g/mol. The summed E-state index contributed by atoms with van der Waals surface area (Å²) in [5.74, 6) is 1.29. The lowest BCUT2D eigenvalue weighted by Crippen LogP contribution is -2.09. The van der Waals surface area contributed by atoms with Crippen LogP contribution in [0.3, 0.4) is 0 Å². The molecule has 3 rings (SSSR count). The van der Waals surface area contributed by atoms with Crippen LogP contribution in [0.1, 0.15) is 18.7 Å². The molecule has 1 N–H and O–H groups in total. The Morgan fingerprint density at radius 1 is 1.04 bits per heavy atom. The number of aromatic nitrogens is 2. The Morgan fingerprint density at radius 2 is 1.76 bits per heavy atom. The Bertz CT molecular complexity index is 874. The Kier molecular flexibility index (Phi) is 6.28. The highest BCUT2D eigenvalue weighted by Crippen LogP contribution is 2.34. The largest absolute Gasteiger partial charge is 0.493 e. The van der Waals surface area contributed by atoms with Crippen LogP contribution in [0.5, 0.6) is 11.5 Å². The fraction of sp³-hybridized carbons (Fsp3) is 0.222. The van der Waals surface area contributed by atoms with Crippen LogP contribution in [0.4, 0.5) is 5.69 Å². The van der Waals surface area contributed by atoms with E-state index in [0.29, 0.717) is 16.5 Å². The minimum atomic E-state index is -0.0351. The molecule has 132 valence electrons. The van der Waals surface area contributed by atoms with Crippen LogP contribution >= 0.6 is 24.0 Å². The van der Waals surface area contributed by atoms with Gasteiger partial charge in [0, 0.05) is 22.2 Å². The van der Waals surface area contributed by atoms with E-state index in [1.165, 1.54) is 0 Å². The van der Waals surface area contributed by atoms with Crippen molar-refractivity contribution in [3.05, 3.63) is 53.4 Å². The molecular weight excluding hydrogens is 361 g/mol. The van der Waals surface area contributed by atoms with Crippen molar-refractivity contribution in [2.75, 3.05) is 19.5 Å². The fourth-order valence-corrected chi connectivity index (χ4v) is 2.84. The first kappa shape index (κ1) is 19.1. The number of nitrogens with zero attached hydrogens (tertiary/aromatic N) is 2. The van der Waals surface area contributed by atoms with Gasteiger partial charge in [-0.1, -0.05) is 17.7 Å². The van der Waals surface area contributed by atoms with Gasteiger partial charge in [-0.3, -0.25) is 0 Å². The van der Waals surface area contributed by atoms with Gasteiger partial charge >= 0.3 is 0 Å². The molecule has 7 heteroatoms. The summed E-state index contributed by atoms with van der Waals surface area (Å²) in [4.78, 5) is 8.79. The number of ether oxygens (including phenoxy) is 2. The molecule has 0 amide bonds. The van der Waals surface area contributed by atoms with Crippen molar-refractivity contribution in [1.29, 1.82) is 0 Å². The van der Waals surface area contributed by atoms with Crippen LogP contribution in [0.2, 0.25) is 5.02 Å². The maximum atomic E-state index is 6.05. The van der Waals surface area contributed by atoms with E-state index in [-0.39, 0.29) is 18.4 Å². The molecule has 25 heavy (non-hydrogen) atoms. The first-order valence-electron chi connectivity index (χ1n) is 7.51. The van der Waals surface area contributed by atoms with Crippen molar-refractivity contribution in [1.82, 2.24) is 9.97 Å². The minimum absolute atomic E-state index is 0. The van der Waals surface area contributed by atoms with Crippen molar-refractivity contribution in [3.8, 4) is 11.5 Å². The SMILES string of the molecule is COc1cc2ncnc(C(C)Nc3cccc(Cl)c3)c2cc1OC.Cl. The molecule has 5 nitrogen and oxygen atoms in total. The van der Waals surface area contributed by atoms with E-state index < -0.39 is 0 Å². The summed E-state index contributed by atoms with van der Waals surface area (Å²) < 4.78 is 10.7. The van der Waals surface area contributed by atoms with Gasteiger partial charge in [0.2, 0.25) is 0 Å². The van der Waals surface area contributed by atoms with E-state index in [0.717, 1.165) is 22.3 Å². The lowest BCUT2D eigenvalue weighted by molar-refractivity contribution is 0.355. The molecule has 0 aliphatic carbocycles. The summed E-state index contributed by atoms with van der Waals surface area (Å²) >= 11 is 6.05. The van der Waals surface area contributed by atoms with E-state index in [1.807, 2.05) is 43.3 Å². The Balaban J connectivity index is 0.00000225. The fourth-order valence-electron chi connectivity index (χ4n) is 2.64. The van der Waals surface area contributed by atoms with E-state index in [2.05, 4.69) is 15.3 Å². The summed E-state index contributed by atoms with van der Waals surface area (Å²) in [5, 5.41) is 5.01. The zero-order valence-electron chi connectivity index (χ0n) is 14.1. The van der Waals surface area contributed by atoms with Crippen LogP contribution in [0, 0.1) is 0 Å². The Labute approximate surface area is 157 Å². The van der Waals surface area contributed by atoms with Crippen molar-refractivity contribution in [2.24, 2.45) is 0 Å². The van der Waals surface area contributed by atoms with Gasteiger partial charge in [-0.2, -0.15) is 0 Å². The van der Waals surface area contributed by atoms with Crippen molar-refractivity contribution >= 4 is 40.6 Å². The van der Waals surface area contributed by atoms with Gasteiger partial charge in [-0.15, -0.1) is 12.4 Å². The smallest absolute Gasteiger partial charge is 0.162 e. The lowest BCUT2D eigenvalue weighted by atomic mass is 10.1. The van der Waals surface area contributed by atoms with Gasteiger partial charge in [-0.05, 0) is 31.2 Å². The van der Waals surface area contributed by atoms with Crippen LogP contribution in [-0.4, -0.2) is 24.2 Å². The van der Waals surface area contributed by atoms with Gasteiger partial charge < -0.3 is 14.8 Å². The van der Waals surface area contributed by atoms with E-state index in [9.17, 15) is 0 Å². The van der Waals surface area contributed by atoms with E-state index in [1.54, 1.807) is 20.5 Å². The summed E-state index contributed by atoms with van der Waals surface area (Å²) in [7, 11) is 3.22. The molecule has 0 saturated heterocycles. The number of fused-ring (bicyclic) bond motifs is 1. The standard InChI is InChI=1S/C18H18ClN3O2.ClH/c1-11(22-13-6-4-5-12(19)7-13)18-14-8-16(23-2)17(24-3)9-15(14)20-10-21-18;/h4-11,22H,1-3H3;1H. The zero-order chi connectivity index (χ0) is 17.1. The average Bonchev–Trinajstić information content (AvgIpc) is 2.59. The van der Waals surface area contributed by atoms with Crippen LogP contribution < -0.4 is 14.8 Å². The second-order valence-electron chi connectivity index (χ2n) is 5.36. The average molecular weight is 380 g/mol. The first-order valence-corrected chi connectivity index (χ1v) is 7.89. The number of benzene rings is 2. The highest BCUT2D eigenvalue weighted by molar-refractivity contribution is 6.30. The van der Waals surface area contributed by atoms with E-state index in [4.69, 9.17) is 21.1 Å². The highest BCUT2D eigenvalue weighted by Gasteiger charge is 2.15. The molecule has 0 aliphatic heterocycles. The summed E-state index contributed by atoms with van der Waals surface area (Å²) in [6, 6.07) is 11.3. The third kappa shape index (κ3) is 4.06. The molecule has 1 aromatic heterocycles. The normalized spacial score (nSPS) is 11.5. The number of hydrogen-bond donors (Lipinski definition) is 1. The lowest BCUT2D eigenvalue weighted by Gasteiger charge is -2.17. The van der Waals surface area contributed by atoms with Gasteiger partial charge in [-0.25, -0.2) is 9.97 Å². The quantitative estimate of drug-likeness (QED) is 0.683. The zero-order valence-corrected chi connectivity index (χ0v) is 15.7. The highest BCUT2D eigenvalue weighted by atomic mass is 35.5. The molecule has 0 saturated carbocycles. The molecule has 2 aromatic carbocycles. The maximum absolute atomic E-state index is 6.05. The predicted octanol–water partition coefficient (Wildman–Crippen LogP) is 4.90. The number of methoxy groups -OCH3 is 2. The molecule has 1 atom stereocenters. The Hall–Kier alpha value is -2.24. The van der Waals surface area contributed by atoms with Crippen molar-refractivity contribution in [2.45, 2.75) is 13.0 Å². The number of halogens is 2. The van der Waals surface area contributed by atoms with E-state index >= 15 is 0 Å². The van der Waals surface area contributed by atoms with Crippen LogP contribution in [0.25, 0.3) is 10.9 Å². The van der Waals surface area contributed by atoms with Gasteiger partial charge in [0.05, 0.1) is 31.5 Å². The molecule has 1 unspecified atom stereocenters. The summed E-state index contributed by atoms with van der Waals surface area (Å²) in [5.41, 5.74) is 2.61. The summed E-state index contributed by atoms with van der Waals surface area (Å²) in [6.07, 6.45) is 1.56. The Morgan fingerprint density at radius 3 is 2.44 bits per heavy atom. The number of anilines is 1. The second-order valence-corrected chi connectivity index (χ2v) is 5.80. The molecule has 0 fully saturated rings. The van der Waals surface area contributed by atoms with Gasteiger partial charge in [0.25, 0.3) is 0 Å². The molecule has 3 aromatic rings. The van der Waals surface area contributed by atoms with Crippen molar-refractivity contribution < 1.29 is 9.47 Å². The maximum Gasteiger partial charge on any atom is 0.162 e. The van der Waals surface area contributed by atoms with Crippen LogP contribution in [-0.2, 0) is 0 Å². The van der Waals surface area contributed by atoms with Gasteiger partial charge in [0.15, 0.2) is 11.5 Å². The molecule has 0 radical (unpaired) electrons. The number of rotatable bonds is 5. The number of hydrogen-bond acceptors (Lipinski definition) is 5. The van der Waals surface area contributed by atoms with Crippen molar-refractivity contribution in [3.63, 3.8) is 0 Å². The van der Waals surface area contributed by atoms with Gasteiger partial charge in [0.1, 0.15) is 6.33 Å². The molecule has 0 spiro atoms.